The van der Waals surface area contributed by atoms with E-state index in [1.54, 1.807) is 12.1 Å². The van der Waals surface area contributed by atoms with Gasteiger partial charge in [0.25, 0.3) is 5.91 Å². The van der Waals surface area contributed by atoms with Crippen LogP contribution in [0.4, 0.5) is 0 Å². The lowest BCUT2D eigenvalue weighted by Gasteiger charge is -2.31. The summed E-state index contributed by atoms with van der Waals surface area (Å²) < 4.78 is 0. The van der Waals surface area contributed by atoms with Gasteiger partial charge < -0.3 is 15.5 Å². The summed E-state index contributed by atoms with van der Waals surface area (Å²) >= 11 is 5.89. The van der Waals surface area contributed by atoms with Crippen LogP contribution >= 0.6 is 11.6 Å². The molecule has 30 heavy (non-hydrogen) atoms. The van der Waals surface area contributed by atoms with Crippen LogP contribution in [0.2, 0.25) is 5.02 Å². The van der Waals surface area contributed by atoms with Gasteiger partial charge in [-0.1, -0.05) is 53.6 Å². The average molecular weight is 431 g/mol. The Balaban J connectivity index is 1.37. The first-order chi connectivity index (χ1) is 14.3. The minimum Gasteiger partial charge on any atom is -0.356 e. The molecule has 0 heterocycles. The number of aryl methyl sites for hydroxylation is 1. The molecule has 0 saturated heterocycles. The van der Waals surface area contributed by atoms with Gasteiger partial charge in [0.1, 0.15) is 0 Å². The Hall–Kier alpha value is -1.92. The fraction of sp³-hybridized carbons (Fsp3) is 0.458. The van der Waals surface area contributed by atoms with E-state index in [1.807, 2.05) is 43.3 Å². The molecule has 0 atom stereocenters. The topological polar surface area (TPSA) is 81.6 Å². The van der Waals surface area contributed by atoms with Gasteiger partial charge in [-0.3, -0.25) is 10.1 Å². The number of halogens is 1. The van der Waals surface area contributed by atoms with E-state index in [0.717, 1.165) is 43.2 Å². The minimum absolute atomic E-state index is 0.0385. The van der Waals surface area contributed by atoms with Crippen molar-refractivity contribution >= 4 is 17.5 Å². The molecule has 2 aromatic rings. The van der Waals surface area contributed by atoms with Crippen molar-refractivity contribution in [3.63, 3.8) is 0 Å². The Morgan fingerprint density at radius 1 is 1.03 bits per heavy atom. The van der Waals surface area contributed by atoms with Gasteiger partial charge in [-0.15, -0.1) is 0 Å². The highest BCUT2D eigenvalue weighted by Crippen LogP contribution is 2.29. The van der Waals surface area contributed by atoms with Crippen LogP contribution in [0, 0.1) is 18.8 Å². The number of rotatable bonds is 8. The van der Waals surface area contributed by atoms with Crippen molar-refractivity contribution in [1.82, 2.24) is 10.6 Å². The van der Waals surface area contributed by atoms with Crippen LogP contribution in [-0.4, -0.2) is 29.2 Å². The maximum absolute atomic E-state index is 12.5. The maximum Gasteiger partial charge on any atom is 0.250 e. The quantitative estimate of drug-likeness (QED) is 0.483. The van der Waals surface area contributed by atoms with Gasteiger partial charge in [0, 0.05) is 29.6 Å². The van der Waals surface area contributed by atoms with Gasteiger partial charge in [-0.05, 0) is 62.6 Å². The molecular weight excluding hydrogens is 400 g/mol. The van der Waals surface area contributed by atoms with E-state index in [1.165, 1.54) is 0 Å². The standard InChI is InChI=1S/C24H31ClN2O3/c1-17-2-10-21(11-3-17)24(29,30)27-16-19-4-8-20(9-5-19)23(28)26-15-14-18-6-12-22(25)13-7-18/h2-3,6-7,10-13,19-20,27,29-30H,4-5,8-9,14-16H2,1H3,(H,26,28). The predicted octanol–water partition coefficient (Wildman–Crippen LogP) is 3.50. The van der Waals surface area contributed by atoms with Crippen LogP contribution in [0.15, 0.2) is 48.5 Å². The van der Waals surface area contributed by atoms with Crippen molar-refractivity contribution in [2.45, 2.75) is 44.9 Å². The molecule has 1 saturated carbocycles. The zero-order chi connectivity index (χ0) is 21.6. The molecule has 1 amide bonds. The molecule has 0 spiro atoms. The molecule has 1 fully saturated rings. The van der Waals surface area contributed by atoms with Crippen molar-refractivity contribution in [3.05, 3.63) is 70.2 Å². The summed E-state index contributed by atoms with van der Waals surface area (Å²) in [4.78, 5) is 12.5. The summed E-state index contributed by atoms with van der Waals surface area (Å²) in [6.07, 6.45) is 4.23. The molecule has 1 aliphatic carbocycles. The van der Waals surface area contributed by atoms with Gasteiger partial charge in [0.15, 0.2) is 0 Å². The van der Waals surface area contributed by atoms with Crippen LogP contribution in [-0.2, 0) is 17.1 Å². The molecule has 2 aromatic carbocycles. The predicted molar refractivity (Wildman–Crippen MR) is 119 cm³/mol. The molecule has 0 aromatic heterocycles. The number of amides is 1. The summed E-state index contributed by atoms with van der Waals surface area (Å²) in [5.74, 6) is -1.55. The lowest BCUT2D eigenvalue weighted by Crippen LogP contribution is -2.45. The summed E-state index contributed by atoms with van der Waals surface area (Å²) in [5, 5.41) is 27.3. The second-order valence-corrected chi connectivity index (χ2v) is 8.74. The van der Waals surface area contributed by atoms with Gasteiger partial charge >= 0.3 is 0 Å². The highest BCUT2D eigenvalue weighted by molar-refractivity contribution is 6.30. The van der Waals surface area contributed by atoms with E-state index in [-0.39, 0.29) is 11.8 Å². The third-order valence-electron chi connectivity index (χ3n) is 5.94. The largest absolute Gasteiger partial charge is 0.356 e. The van der Waals surface area contributed by atoms with Gasteiger partial charge in [0.2, 0.25) is 5.91 Å². The molecule has 5 nitrogen and oxygen atoms in total. The SMILES string of the molecule is Cc1ccc(C(O)(O)NCC2CCC(C(=O)NCCc3ccc(Cl)cc3)CC2)cc1. The van der Waals surface area contributed by atoms with Crippen molar-refractivity contribution in [2.75, 3.05) is 13.1 Å². The summed E-state index contributed by atoms with van der Waals surface area (Å²) in [6.45, 7) is 3.09. The summed E-state index contributed by atoms with van der Waals surface area (Å²) in [5.41, 5.74) is 2.65. The monoisotopic (exact) mass is 430 g/mol. The number of benzene rings is 2. The van der Waals surface area contributed by atoms with Crippen molar-refractivity contribution in [2.24, 2.45) is 11.8 Å². The molecule has 162 valence electrons. The van der Waals surface area contributed by atoms with Gasteiger partial charge in [-0.25, -0.2) is 0 Å². The first-order valence-electron chi connectivity index (χ1n) is 10.6. The zero-order valence-electron chi connectivity index (χ0n) is 17.4. The molecule has 0 radical (unpaired) electrons. The Kier molecular flexibility index (Phi) is 7.89. The fourth-order valence-electron chi connectivity index (χ4n) is 3.93. The smallest absolute Gasteiger partial charge is 0.250 e. The molecular formula is C24H31ClN2O3. The highest BCUT2D eigenvalue weighted by Gasteiger charge is 2.30. The Bertz CT molecular complexity index is 813. The van der Waals surface area contributed by atoms with E-state index in [2.05, 4.69) is 10.6 Å². The first kappa shape index (κ1) is 22.8. The van der Waals surface area contributed by atoms with E-state index >= 15 is 0 Å². The van der Waals surface area contributed by atoms with Gasteiger partial charge in [-0.2, -0.15) is 0 Å². The van der Waals surface area contributed by atoms with E-state index in [0.29, 0.717) is 29.6 Å². The molecule has 1 aliphatic rings. The van der Waals surface area contributed by atoms with Gasteiger partial charge in [0.05, 0.1) is 0 Å². The lowest BCUT2D eigenvalue weighted by atomic mass is 9.81. The molecule has 0 unspecified atom stereocenters. The number of hydrogen-bond acceptors (Lipinski definition) is 4. The summed E-state index contributed by atoms with van der Waals surface area (Å²) in [6, 6.07) is 14.8. The Morgan fingerprint density at radius 2 is 1.67 bits per heavy atom. The number of hydrogen-bond donors (Lipinski definition) is 4. The summed E-state index contributed by atoms with van der Waals surface area (Å²) in [7, 11) is 0. The number of aliphatic hydroxyl groups is 2. The Labute approximate surface area is 183 Å². The number of carbonyl (C=O) groups is 1. The minimum atomic E-state index is -2.04. The van der Waals surface area contributed by atoms with Crippen LogP contribution in [0.5, 0.6) is 0 Å². The third kappa shape index (κ3) is 6.54. The first-order valence-corrected chi connectivity index (χ1v) is 11.0. The normalized spacial score (nSPS) is 19.5. The fourth-order valence-corrected chi connectivity index (χ4v) is 4.05. The second-order valence-electron chi connectivity index (χ2n) is 8.30. The van der Waals surface area contributed by atoms with Crippen LogP contribution in [0.3, 0.4) is 0 Å². The van der Waals surface area contributed by atoms with E-state index in [9.17, 15) is 15.0 Å². The number of carbonyl (C=O) groups excluding carboxylic acids is 1. The second kappa shape index (κ2) is 10.4. The van der Waals surface area contributed by atoms with Crippen LogP contribution in [0.1, 0.15) is 42.4 Å². The average Bonchev–Trinajstić information content (AvgIpc) is 2.74. The van der Waals surface area contributed by atoms with E-state index in [4.69, 9.17) is 11.6 Å². The van der Waals surface area contributed by atoms with Crippen molar-refractivity contribution in [3.8, 4) is 0 Å². The van der Waals surface area contributed by atoms with Crippen LogP contribution in [0.25, 0.3) is 0 Å². The molecule has 0 aliphatic heterocycles. The lowest BCUT2D eigenvalue weighted by molar-refractivity contribution is -0.196. The zero-order valence-corrected chi connectivity index (χ0v) is 18.2. The molecule has 3 rings (SSSR count). The molecule has 4 N–H and O–H groups in total. The van der Waals surface area contributed by atoms with Crippen LogP contribution < -0.4 is 10.6 Å². The molecule has 6 heteroatoms. The van der Waals surface area contributed by atoms with Crippen molar-refractivity contribution < 1.29 is 15.0 Å². The van der Waals surface area contributed by atoms with Crippen molar-refractivity contribution in [1.29, 1.82) is 0 Å². The highest BCUT2D eigenvalue weighted by atomic mass is 35.5. The Morgan fingerprint density at radius 3 is 2.30 bits per heavy atom. The number of nitrogens with one attached hydrogen (secondary N) is 2. The third-order valence-corrected chi connectivity index (χ3v) is 6.19. The maximum atomic E-state index is 12.5. The van der Waals surface area contributed by atoms with E-state index < -0.39 is 5.91 Å². The molecule has 0 bridgehead atoms.